The summed E-state index contributed by atoms with van der Waals surface area (Å²) in [6.45, 7) is 14.0. The first-order valence-corrected chi connectivity index (χ1v) is 10.1. The summed E-state index contributed by atoms with van der Waals surface area (Å²) in [5.74, 6) is 0. The highest BCUT2D eigenvalue weighted by molar-refractivity contribution is 4.97. The van der Waals surface area contributed by atoms with Crippen molar-refractivity contribution >= 4 is 0 Å². The van der Waals surface area contributed by atoms with Crippen molar-refractivity contribution in [3.8, 4) is 0 Å². The van der Waals surface area contributed by atoms with Crippen molar-refractivity contribution in [2.45, 2.75) is 56.7 Å². The quantitative estimate of drug-likeness (QED) is 0.712. The maximum atomic E-state index is 9.11. The molecule has 8 heteroatoms. The second kappa shape index (κ2) is 9.00. The van der Waals surface area contributed by atoms with Crippen molar-refractivity contribution in [2.75, 3.05) is 66.5 Å². The fraction of sp³-hybridized carbons (Fsp3) is 1.00. The van der Waals surface area contributed by atoms with Crippen LogP contribution in [0.2, 0.25) is 0 Å². The van der Waals surface area contributed by atoms with Gasteiger partial charge in [0.05, 0.1) is 57.6 Å². The van der Waals surface area contributed by atoms with Gasteiger partial charge in [-0.1, -0.05) is 6.92 Å². The van der Waals surface area contributed by atoms with E-state index in [0.717, 1.165) is 66.0 Å². The highest BCUT2D eigenvalue weighted by atomic mass is 16.6. The summed E-state index contributed by atoms with van der Waals surface area (Å²) in [5, 5.41) is 12.3. The molecule has 5 heterocycles. The molecule has 0 aliphatic carbocycles. The van der Waals surface area contributed by atoms with Crippen LogP contribution in [0.25, 0.3) is 0 Å². The van der Waals surface area contributed by atoms with Gasteiger partial charge in [-0.05, 0) is 33.1 Å². The van der Waals surface area contributed by atoms with Gasteiger partial charge < -0.3 is 24.1 Å². The Morgan fingerprint density at radius 1 is 0.889 bits per heavy atom. The summed E-state index contributed by atoms with van der Waals surface area (Å²) in [5.41, 5.74) is 0.472. The Balaban J connectivity index is 0.000000119. The lowest BCUT2D eigenvalue weighted by Gasteiger charge is -2.26. The van der Waals surface area contributed by atoms with E-state index < -0.39 is 0 Å². The second-order valence-electron chi connectivity index (χ2n) is 8.85. The largest absolute Gasteiger partial charge is 0.394 e. The van der Waals surface area contributed by atoms with E-state index in [1.807, 2.05) is 0 Å². The van der Waals surface area contributed by atoms with E-state index >= 15 is 0 Å². The topological polar surface area (TPSA) is 75.7 Å². The molecule has 5 fully saturated rings. The van der Waals surface area contributed by atoms with E-state index in [-0.39, 0.29) is 23.2 Å². The molecule has 27 heavy (non-hydrogen) atoms. The molecule has 0 spiro atoms. The monoisotopic (exact) mass is 387 g/mol. The van der Waals surface area contributed by atoms with Gasteiger partial charge >= 0.3 is 0 Å². The molecule has 5 rings (SSSR count). The Hall–Kier alpha value is -0.320. The SMILES string of the molecule is CC1(C)COCN1.CCC12COCN1COC2.OCC12CCCN1COC2. The third-order valence-corrected chi connectivity index (χ3v) is 6.33. The van der Waals surface area contributed by atoms with Crippen molar-refractivity contribution in [2.24, 2.45) is 0 Å². The first kappa shape index (κ1) is 21.4. The van der Waals surface area contributed by atoms with E-state index in [4.69, 9.17) is 24.1 Å². The molecule has 5 aliphatic rings. The van der Waals surface area contributed by atoms with Gasteiger partial charge in [-0.2, -0.15) is 0 Å². The summed E-state index contributed by atoms with van der Waals surface area (Å²) in [4.78, 5) is 4.51. The van der Waals surface area contributed by atoms with Gasteiger partial charge in [-0.3, -0.25) is 10.2 Å². The normalized spacial score (nSPS) is 33.8. The number of aliphatic hydroxyl groups is 1. The first-order valence-electron chi connectivity index (χ1n) is 10.1. The standard InChI is InChI=1S/2C7H13NO2.C5H11NO/c1-2-7-3-9-5-8(7)6-10-4-7;9-4-7-2-1-3-8(7)6-10-5-7;1-5(2)3-7-4-6-5/h2-6H2,1H3;9H,1-6H2;6H,3-4H2,1-2H3. The molecule has 5 saturated heterocycles. The molecular weight excluding hydrogens is 350 g/mol. The van der Waals surface area contributed by atoms with E-state index in [1.165, 1.54) is 6.42 Å². The van der Waals surface area contributed by atoms with Crippen molar-refractivity contribution in [1.82, 2.24) is 15.1 Å². The second-order valence-corrected chi connectivity index (χ2v) is 8.85. The zero-order chi connectivity index (χ0) is 19.4. The van der Waals surface area contributed by atoms with Gasteiger partial charge in [0.15, 0.2) is 0 Å². The predicted molar refractivity (Wildman–Crippen MR) is 101 cm³/mol. The van der Waals surface area contributed by atoms with Crippen molar-refractivity contribution < 1.29 is 24.1 Å². The molecule has 158 valence electrons. The van der Waals surface area contributed by atoms with E-state index in [9.17, 15) is 0 Å². The molecule has 1 atom stereocenters. The van der Waals surface area contributed by atoms with Crippen LogP contribution in [0.4, 0.5) is 0 Å². The van der Waals surface area contributed by atoms with Gasteiger partial charge in [-0.25, -0.2) is 4.90 Å². The molecule has 1 unspecified atom stereocenters. The molecule has 5 aliphatic heterocycles. The molecule has 2 N–H and O–H groups in total. The van der Waals surface area contributed by atoms with Crippen LogP contribution in [0.3, 0.4) is 0 Å². The Labute approximate surface area is 163 Å². The number of ether oxygens (including phenoxy) is 4. The summed E-state index contributed by atoms with van der Waals surface area (Å²) in [7, 11) is 0. The first-order chi connectivity index (χ1) is 13.0. The number of nitrogens with zero attached hydrogens (tertiary/aromatic N) is 2. The molecule has 0 aromatic heterocycles. The molecule has 0 saturated carbocycles. The van der Waals surface area contributed by atoms with E-state index in [0.29, 0.717) is 6.73 Å². The maximum absolute atomic E-state index is 9.11. The molecule has 0 aromatic rings. The highest BCUT2D eigenvalue weighted by Crippen LogP contribution is 2.33. The number of nitrogens with one attached hydrogen (secondary N) is 1. The van der Waals surface area contributed by atoms with Gasteiger partial charge in [0, 0.05) is 12.1 Å². The average Bonchev–Trinajstić information content (AvgIpc) is 3.41. The van der Waals surface area contributed by atoms with Crippen molar-refractivity contribution in [1.29, 1.82) is 0 Å². The summed E-state index contributed by atoms with van der Waals surface area (Å²) >= 11 is 0. The number of hydrogen-bond acceptors (Lipinski definition) is 8. The molecule has 0 bridgehead atoms. The van der Waals surface area contributed by atoms with Crippen molar-refractivity contribution in [3.63, 3.8) is 0 Å². The predicted octanol–water partition coefficient (Wildman–Crippen LogP) is 0.556. The minimum atomic E-state index is 0.0139. The number of hydrogen-bond donors (Lipinski definition) is 2. The highest BCUT2D eigenvalue weighted by Gasteiger charge is 2.45. The lowest BCUT2D eigenvalue weighted by Crippen LogP contribution is -2.43. The molecule has 0 amide bonds. The number of fused-ring (bicyclic) bond motifs is 2. The maximum Gasteiger partial charge on any atom is 0.101 e. The molecule has 0 aromatic carbocycles. The number of aliphatic hydroxyl groups excluding tert-OH is 1. The summed E-state index contributed by atoms with van der Waals surface area (Å²) in [6.07, 6.45) is 3.44. The molecular formula is C19H37N3O5. The molecule has 8 nitrogen and oxygen atoms in total. The van der Waals surface area contributed by atoms with Crippen LogP contribution < -0.4 is 5.32 Å². The summed E-state index contributed by atoms with van der Waals surface area (Å²) in [6, 6.07) is 0. The molecule has 0 radical (unpaired) electrons. The Morgan fingerprint density at radius 2 is 1.52 bits per heavy atom. The average molecular weight is 388 g/mol. The van der Waals surface area contributed by atoms with Gasteiger partial charge in [0.2, 0.25) is 0 Å². The van der Waals surface area contributed by atoms with Crippen LogP contribution in [-0.2, 0) is 18.9 Å². The Morgan fingerprint density at radius 3 is 1.93 bits per heavy atom. The van der Waals surface area contributed by atoms with E-state index in [2.05, 4.69) is 35.9 Å². The Kier molecular flexibility index (Phi) is 7.13. The van der Waals surface area contributed by atoms with Crippen LogP contribution in [0, 0.1) is 0 Å². The van der Waals surface area contributed by atoms with Gasteiger partial charge in [-0.15, -0.1) is 0 Å². The van der Waals surface area contributed by atoms with Crippen LogP contribution in [0.5, 0.6) is 0 Å². The van der Waals surface area contributed by atoms with Gasteiger partial charge in [0.25, 0.3) is 0 Å². The number of rotatable bonds is 2. The smallest absolute Gasteiger partial charge is 0.101 e. The third-order valence-electron chi connectivity index (χ3n) is 6.33. The van der Waals surface area contributed by atoms with E-state index in [1.54, 1.807) is 0 Å². The van der Waals surface area contributed by atoms with Crippen LogP contribution in [0.15, 0.2) is 0 Å². The minimum absolute atomic E-state index is 0.0139. The summed E-state index contributed by atoms with van der Waals surface area (Å²) < 4.78 is 21.0. The lowest BCUT2D eigenvalue weighted by molar-refractivity contribution is 0.0695. The zero-order valence-corrected chi connectivity index (χ0v) is 17.2. The minimum Gasteiger partial charge on any atom is -0.394 e. The fourth-order valence-electron chi connectivity index (χ4n) is 4.19. The zero-order valence-electron chi connectivity index (χ0n) is 17.2. The third kappa shape index (κ3) is 4.82. The van der Waals surface area contributed by atoms with Crippen LogP contribution in [0.1, 0.15) is 40.0 Å². The van der Waals surface area contributed by atoms with Crippen LogP contribution in [-0.4, -0.2) is 98.0 Å². The van der Waals surface area contributed by atoms with Gasteiger partial charge in [0.1, 0.15) is 13.5 Å². The Bertz CT molecular complexity index is 416. The fourth-order valence-corrected chi connectivity index (χ4v) is 4.19. The van der Waals surface area contributed by atoms with Crippen LogP contribution >= 0.6 is 0 Å². The van der Waals surface area contributed by atoms with Crippen molar-refractivity contribution in [3.05, 3.63) is 0 Å². The lowest BCUT2D eigenvalue weighted by atomic mass is 9.99.